The summed E-state index contributed by atoms with van der Waals surface area (Å²) in [7, 11) is 0. The van der Waals surface area contributed by atoms with Gasteiger partial charge in [-0.15, -0.1) is 0 Å². The number of rotatable bonds is 3. The minimum Gasteiger partial charge on any atom is -0.434 e. The Labute approximate surface area is 97.6 Å². The minimum atomic E-state index is -2.56. The zero-order valence-electron chi connectivity index (χ0n) is 7.91. The molecule has 0 spiro atoms. The zero-order valence-corrected chi connectivity index (χ0v) is 9.50. The van der Waals surface area contributed by atoms with Gasteiger partial charge in [-0.05, 0) is 12.1 Å². The average Bonchev–Trinajstić information content (AvgIpc) is 2.70. The first-order valence-electron chi connectivity index (χ1n) is 4.39. The summed E-state index contributed by atoms with van der Waals surface area (Å²) in [5, 5.41) is 0.0848. The Morgan fingerprint density at radius 3 is 2.88 bits per heavy atom. The Hall–Kier alpha value is -1.30. The summed E-state index contributed by atoms with van der Waals surface area (Å²) in [6, 6.07) is 3.86. The third-order valence-corrected chi connectivity index (χ3v) is 2.53. The van der Waals surface area contributed by atoms with Gasteiger partial charge >= 0.3 is 0 Å². The molecule has 1 heterocycles. The van der Waals surface area contributed by atoms with E-state index in [1.165, 1.54) is 18.2 Å². The van der Waals surface area contributed by atoms with Crippen molar-refractivity contribution in [2.75, 3.05) is 5.33 Å². The molecule has 0 fully saturated rings. The highest BCUT2D eigenvalue weighted by Gasteiger charge is 2.15. The van der Waals surface area contributed by atoms with Crippen molar-refractivity contribution in [1.29, 1.82) is 0 Å². The Kier molecular flexibility index (Phi) is 3.00. The molecule has 0 aliphatic heterocycles. The van der Waals surface area contributed by atoms with Crippen LogP contribution in [0.3, 0.4) is 0 Å². The topological polar surface area (TPSA) is 43.1 Å². The van der Waals surface area contributed by atoms with E-state index in [0.717, 1.165) is 0 Å². The number of oxazole rings is 1. The molecular weight excluding hydrogens is 284 g/mol. The number of carbonyl (C=O) groups excluding carboxylic acids is 1. The van der Waals surface area contributed by atoms with Crippen LogP contribution in [0.15, 0.2) is 22.6 Å². The van der Waals surface area contributed by atoms with Crippen LogP contribution in [0.25, 0.3) is 11.1 Å². The van der Waals surface area contributed by atoms with Crippen LogP contribution in [0, 0.1) is 0 Å². The smallest absolute Gasteiger partial charge is 0.265 e. The van der Waals surface area contributed by atoms with E-state index in [2.05, 4.69) is 20.9 Å². The van der Waals surface area contributed by atoms with Gasteiger partial charge in [0.25, 0.3) is 12.3 Å². The van der Waals surface area contributed by atoms with Gasteiger partial charge in [0.05, 0.1) is 5.33 Å². The second kappa shape index (κ2) is 4.29. The van der Waals surface area contributed by atoms with Crippen LogP contribution < -0.4 is 0 Å². The molecule has 2 aromatic rings. The Morgan fingerprint density at radius 1 is 1.50 bits per heavy atom. The molecule has 0 unspecified atom stereocenters. The summed E-state index contributed by atoms with van der Waals surface area (Å²) in [6.07, 6.45) is -2.56. The molecule has 16 heavy (non-hydrogen) atoms. The van der Waals surface area contributed by atoms with Gasteiger partial charge in [0.15, 0.2) is 5.58 Å². The largest absolute Gasteiger partial charge is 0.434 e. The van der Waals surface area contributed by atoms with Crippen LogP contribution in [0.1, 0.15) is 22.7 Å². The molecule has 0 atom stereocenters. The molecule has 0 radical (unpaired) electrons. The number of carbonyl (C=O) groups is 1. The van der Waals surface area contributed by atoms with Crippen molar-refractivity contribution in [3.8, 4) is 0 Å². The number of halogens is 3. The first kappa shape index (κ1) is 11.2. The Morgan fingerprint density at radius 2 is 2.25 bits per heavy atom. The standard InChI is InChI=1S/C10H6BrF2NO2/c11-4-7(15)10-14-6-2-1-5(9(12)13)3-8(6)16-10/h1-3,9H,4H2. The predicted octanol–water partition coefficient (Wildman–Crippen LogP) is 3.34. The summed E-state index contributed by atoms with van der Waals surface area (Å²) >= 11 is 2.98. The highest BCUT2D eigenvalue weighted by molar-refractivity contribution is 9.09. The van der Waals surface area contributed by atoms with Crippen molar-refractivity contribution in [2.24, 2.45) is 0 Å². The molecule has 84 valence electrons. The lowest BCUT2D eigenvalue weighted by molar-refractivity contribution is 0.0989. The number of hydrogen-bond donors (Lipinski definition) is 0. The Bertz CT molecular complexity index is 539. The molecule has 0 saturated carbocycles. The third kappa shape index (κ3) is 1.97. The number of nitrogens with zero attached hydrogens (tertiary/aromatic N) is 1. The van der Waals surface area contributed by atoms with Crippen LogP contribution in [0.5, 0.6) is 0 Å². The molecule has 0 bridgehead atoms. The maximum Gasteiger partial charge on any atom is 0.265 e. The van der Waals surface area contributed by atoms with Crippen LogP contribution in [-0.2, 0) is 0 Å². The fourth-order valence-corrected chi connectivity index (χ4v) is 1.49. The number of alkyl halides is 3. The van der Waals surface area contributed by atoms with E-state index in [1.54, 1.807) is 0 Å². The first-order valence-corrected chi connectivity index (χ1v) is 5.52. The number of benzene rings is 1. The van der Waals surface area contributed by atoms with Crippen molar-refractivity contribution in [3.05, 3.63) is 29.7 Å². The van der Waals surface area contributed by atoms with Gasteiger partial charge in [-0.3, -0.25) is 4.79 Å². The molecule has 2 rings (SSSR count). The Balaban J connectivity index is 2.50. The van der Waals surface area contributed by atoms with E-state index in [1.807, 2.05) is 0 Å². The summed E-state index contributed by atoms with van der Waals surface area (Å²) < 4.78 is 29.9. The molecule has 1 aromatic heterocycles. The maximum absolute atomic E-state index is 12.4. The van der Waals surface area contributed by atoms with Crippen molar-refractivity contribution >= 4 is 32.8 Å². The van der Waals surface area contributed by atoms with Crippen molar-refractivity contribution in [1.82, 2.24) is 4.98 Å². The highest BCUT2D eigenvalue weighted by atomic mass is 79.9. The molecule has 1 aromatic carbocycles. The third-order valence-electron chi connectivity index (χ3n) is 2.02. The van der Waals surface area contributed by atoms with E-state index in [-0.39, 0.29) is 28.2 Å². The van der Waals surface area contributed by atoms with Crippen LogP contribution in [0.2, 0.25) is 0 Å². The number of fused-ring (bicyclic) bond motifs is 1. The highest BCUT2D eigenvalue weighted by Crippen LogP contribution is 2.24. The molecule has 0 N–H and O–H groups in total. The fraction of sp³-hybridized carbons (Fsp3) is 0.200. The van der Waals surface area contributed by atoms with Gasteiger partial charge in [0, 0.05) is 5.56 Å². The summed E-state index contributed by atoms with van der Waals surface area (Å²) in [5.74, 6) is -0.395. The normalized spacial score (nSPS) is 11.2. The van der Waals surface area contributed by atoms with Gasteiger partial charge in [-0.25, -0.2) is 13.8 Å². The molecule has 6 heteroatoms. The average molecular weight is 290 g/mol. The summed E-state index contributed by atoms with van der Waals surface area (Å²) in [5.41, 5.74) is 0.442. The molecule has 3 nitrogen and oxygen atoms in total. The minimum absolute atomic E-state index is 0.0710. The number of aromatic nitrogens is 1. The maximum atomic E-state index is 12.4. The van der Waals surface area contributed by atoms with E-state index < -0.39 is 6.43 Å². The lowest BCUT2D eigenvalue weighted by Gasteiger charge is -1.96. The molecule has 0 aliphatic carbocycles. The van der Waals surface area contributed by atoms with Gasteiger partial charge in [0.2, 0.25) is 5.78 Å². The lowest BCUT2D eigenvalue weighted by atomic mass is 10.2. The fourth-order valence-electron chi connectivity index (χ4n) is 1.25. The predicted molar refractivity (Wildman–Crippen MR) is 57.1 cm³/mol. The van der Waals surface area contributed by atoms with Gasteiger partial charge in [-0.2, -0.15) is 0 Å². The quantitative estimate of drug-likeness (QED) is 0.643. The number of ketones is 1. The SMILES string of the molecule is O=C(CBr)c1nc2ccc(C(F)F)cc2o1. The van der Waals surface area contributed by atoms with Gasteiger partial charge in [-0.1, -0.05) is 22.0 Å². The van der Waals surface area contributed by atoms with E-state index >= 15 is 0 Å². The zero-order chi connectivity index (χ0) is 11.7. The van der Waals surface area contributed by atoms with Crippen LogP contribution >= 0.6 is 15.9 Å². The van der Waals surface area contributed by atoms with E-state index in [4.69, 9.17) is 4.42 Å². The van der Waals surface area contributed by atoms with Crippen LogP contribution in [0.4, 0.5) is 8.78 Å². The molecule has 0 saturated heterocycles. The number of Topliss-reactive ketones (excluding diaryl/α,β-unsaturated/α-hetero) is 1. The van der Waals surface area contributed by atoms with Crippen LogP contribution in [-0.4, -0.2) is 16.1 Å². The van der Waals surface area contributed by atoms with E-state index in [9.17, 15) is 13.6 Å². The number of hydrogen-bond acceptors (Lipinski definition) is 3. The molecule has 0 amide bonds. The first-order chi connectivity index (χ1) is 7.61. The van der Waals surface area contributed by atoms with Crippen molar-refractivity contribution < 1.29 is 18.0 Å². The monoisotopic (exact) mass is 289 g/mol. The summed E-state index contributed by atoms with van der Waals surface area (Å²) in [6.45, 7) is 0. The van der Waals surface area contributed by atoms with Gasteiger partial charge < -0.3 is 4.42 Å². The van der Waals surface area contributed by atoms with E-state index in [0.29, 0.717) is 5.52 Å². The molecule has 0 aliphatic rings. The van der Waals surface area contributed by atoms with Crippen molar-refractivity contribution in [2.45, 2.75) is 6.43 Å². The second-order valence-corrected chi connectivity index (χ2v) is 3.66. The molecular formula is C10H6BrF2NO2. The van der Waals surface area contributed by atoms with Gasteiger partial charge in [0.1, 0.15) is 5.52 Å². The second-order valence-electron chi connectivity index (χ2n) is 3.10. The lowest BCUT2D eigenvalue weighted by Crippen LogP contribution is -1.99. The summed E-state index contributed by atoms with van der Waals surface area (Å²) in [4.78, 5) is 15.1. The van der Waals surface area contributed by atoms with Crippen molar-refractivity contribution in [3.63, 3.8) is 0 Å².